The van der Waals surface area contributed by atoms with E-state index in [9.17, 15) is 4.79 Å². The molecule has 0 amide bonds. The highest BCUT2D eigenvalue weighted by Crippen LogP contribution is 2.20. The quantitative estimate of drug-likeness (QED) is 0.575. The Hall–Kier alpha value is -3.48. The van der Waals surface area contributed by atoms with Crippen LogP contribution in [0.15, 0.2) is 60.9 Å². The topological polar surface area (TPSA) is 100 Å². The lowest BCUT2D eigenvalue weighted by Crippen LogP contribution is -2.15. The molecule has 2 aromatic heterocycles. The van der Waals surface area contributed by atoms with E-state index in [1.54, 1.807) is 12.4 Å². The van der Waals surface area contributed by atoms with Crippen molar-refractivity contribution in [1.82, 2.24) is 15.0 Å². The molecular weight excluding hydrogens is 330 g/mol. The first-order valence-corrected chi connectivity index (χ1v) is 8.23. The van der Waals surface area contributed by atoms with Crippen molar-refractivity contribution in [3.05, 3.63) is 66.5 Å². The number of rotatable bonds is 8. The van der Waals surface area contributed by atoms with Crippen LogP contribution >= 0.6 is 0 Å². The molecule has 0 bridgehead atoms. The van der Waals surface area contributed by atoms with Gasteiger partial charge >= 0.3 is 5.97 Å². The molecular formula is C19H19N5O2. The van der Waals surface area contributed by atoms with Crippen LogP contribution < -0.4 is 10.6 Å². The minimum Gasteiger partial charge on any atom is -0.480 e. The summed E-state index contributed by atoms with van der Waals surface area (Å²) in [5, 5.41) is 14.8. The van der Waals surface area contributed by atoms with E-state index in [1.165, 1.54) is 5.56 Å². The van der Waals surface area contributed by atoms with E-state index in [0.717, 1.165) is 12.0 Å². The second-order valence-electron chi connectivity index (χ2n) is 5.61. The number of hydrogen-bond donors (Lipinski definition) is 3. The summed E-state index contributed by atoms with van der Waals surface area (Å²) in [7, 11) is 0. The number of anilines is 2. The molecule has 0 fully saturated rings. The lowest BCUT2D eigenvalue weighted by atomic mass is 10.1. The highest BCUT2D eigenvalue weighted by atomic mass is 16.4. The van der Waals surface area contributed by atoms with Crippen molar-refractivity contribution in [1.29, 1.82) is 0 Å². The number of hydrogen-bond acceptors (Lipinski definition) is 6. The van der Waals surface area contributed by atoms with Gasteiger partial charge in [-0.3, -0.25) is 9.78 Å². The SMILES string of the molecule is O=C(O)CNc1nc(NCCc2ccccc2)cc(-c2cccnc2)n1. The maximum atomic E-state index is 10.8. The molecule has 26 heavy (non-hydrogen) atoms. The maximum absolute atomic E-state index is 10.8. The minimum absolute atomic E-state index is 0.250. The third-order valence-electron chi connectivity index (χ3n) is 3.64. The number of nitrogens with zero attached hydrogens (tertiary/aromatic N) is 3. The molecule has 0 saturated carbocycles. The Bertz CT molecular complexity index is 856. The molecule has 0 aliphatic heterocycles. The Morgan fingerprint density at radius 1 is 1.04 bits per heavy atom. The van der Waals surface area contributed by atoms with Gasteiger partial charge in [0, 0.05) is 30.6 Å². The summed E-state index contributed by atoms with van der Waals surface area (Å²) < 4.78 is 0. The number of pyridine rings is 1. The van der Waals surface area contributed by atoms with Crippen molar-refractivity contribution < 1.29 is 9.90 Å². The van der Waals surface area contributed by atoms with E-state index in [-0.39, 0.29) is 12.5 Å². The van der Waals surface area contributed by atoms with E-state index >= 15 is 0 Å². The molecule has 0 atom stereocenters. The van der Waals surface area contributed by atoms with Gasteiger partial charge in [0.2, 0.25) is 5.95 Å². The first-order valence-electron chi connectivity index (χ1n) is 8.23. The zero-order valence-corrected chi connectivity index (χ0v) is 14.1. The normalized spacial score (nSPS) is 10.3. The summed E-state index contributed by atoms with van der Waals surface area (Å²) in [5.74, 6) is -0.0856. The van der Waals surface area contributed by atoms with Gasteiger partial charge in [0.1, 0.15) is 12.4 Å². The van der Waals surface area contributed by atoms with Crippen LogP contribution in [0.4, 0.5) is 11.8 Å². The summed E-state index contributed by atoms with van der Waals surface area (Å²) in [5.41, 5.74) is 2.73. The van der Waals surface area contributed by atoms with Gasteiger partial charge in [0.05, 0.1) is 5.69 Å². The summed E-state index contributed by atoms with van der Waals surface area (Å²) >= 11 is 0. The molecule has 7 nitrogen and oxygen atoms in total. The Morgan fingerprint density at radius 3 is 2.62 bits per heavy atom. The summed E-state index contributed by atoms with van der Waals surface area (Å²) in [6, 6.07) is 15.7. The predicted molar refractivity (Wildman–Crippen MR) is 100 cm³/mol. The van der Waals surface area contributed by atoms with Gasteiger partial charge in [-0.1, -0.05) is 30.3 Å². The van der Waals surface area contributed by atoms with Crippen LogP contribution in [0, 0.1) is 0 Å². The van der Waals surface area contributed by atoms with Crippen LogP contribution in [0.25, 0.3) is 11.3 Å². The number of carboxylic acid groups (broad SMARTS) is 1. The molecule has 0 aliphatic carbocycles. The van der Waals surface area contributed by atoms with Crippen LogP contribution in [-0.2, 0) is 11.2 Å². The maximum Gasteiger partial charge on any atom is 0.322 e. The smallest absolute Gasteiger partial charge is 0.322 e. The Labute approximate surface area is 151 Å². The van der Waals surface area contributed by atoms with Crippen molar-refractivity contribution in [2.45, 2.75) is 6.42 Å². The lowest BCUT2D eigenvalue weighted by molar-refractivity contribution is -0.134. The fourth-order valence-corrected chi connectivity index (χ4v) is 2.41. The Balaban J connectivity index is 1.76. The molecule has 7 heteroatoms. The van der Waals surface area contributed by atoms with Gasteiger partial charge in [-0.2, -0.15) is 4.98 Å². The van der Waals surface area contributed by atoms with Crippen molar-refractivity contribution in [2.75, 3.05) is 23.7 Å². The molecule has 2 heterocycles. The molecule has 3 rings (SSSR count). The molecule has 0 aliphatic rings. The summed E-state index contributed by atoms with van der Waals surface area (Å²) in [4.78, 5) is 23.6. The molecule has 0 unspecified atom stereocenters. The largest absolute Gasteiger partial charge is 0.480 e. The summed E-state index contributed by atoms with van der Waals surface area (Å²) in [6.07, 6.45) is 4.25. The third kappa shape index (κ3) is 5.01. The molecule has 1 aromatic carbocycles. The Kier molecular flexibility index (Phi) is 5.72. The van der Waals surface area contributed by atoms with Gasteiger partial charge in [-0.15, -0.1) is 0 Å². The monoisotopic (exact) mass is 349 g/mol. The van der Waals surface area contributed by atoms with E-state index in [0.29, 0.717) is 18.1 Å². The van der Waals surface area contributed by atoms with Crippen molar-refractivity contribution >= 4 is 17.7 Å². The average Bonchev–Trinajstić information content (AvgIpc) is 2.68. The molecule has 3 N–H and O–H groups in total. The molecule has 3 aromatic rings. The van der Waals surface area contributed by atoms with Gasteiger partial charge in [-0.25, -0.2) is 4.98 Å². The van der Waals surface area contributed by atoms with E-state index in [1.807, 2.05) is 36.4 Å². The van der Waals surface area contributed by atoms with Crippen LogP contribution in [0.5, 0.6) is 0 Å². The second-order valence-corrected chi connectivity index (χ2v) is 5.61. The van der Waals surface area contributed by atoms with E-state index in [2.05, 4.69) is 37.7 Å². The van der Waals surface area contributed by atoms with Crippen LogP contribution in [0.3, 0.4) is 0 Å². The first-order chi connectivity index (χ1) is 12.7. The second kappa shape index (κ2) is 8.57. The van der Waals surface area contributed by atoms with Gasteiger partial charge in [-0.05, 0) is 24.1 Å². The standard InChI is InChI=1S/C19H19N5O2/c25-18(26)13-22-19-23-16(15-7-4-9-20-12-15)11-17(24-19)21-10-8-14-5-2-1-3-6-14/h1-7,9,11-12H,8,10,13H2,(H,25,26)(H2,21,22,23,24). The third-order valence-corrected chi connectivity index (χ3v) is 3.64. The molecule has 0 saturated heterocycles. The van der Waals surface area contributed by atoms with Crippen LogP contribution in [-0.4, -0.2) is 39.1 Å². The van der Waals surface area contributed by atoms with Crippen LogP contribution in [0.1, 0.15) is 5.56 Å². The number of nitrogens with one attached hydrogen (secondary N) is 2. The zero-order valence-electron chi connectivity index (χ0n) is 14.1. The zero-order chi connectivity index (χ0) is 18.2. The number of carboxylic acids is 1. The number of aromatic nitrogens is 3. The highest BCUT2D eigenvalue weighted by molar-refractivity contribution is 5.72. The molecule has 132 valence electrons. The number of aliphatic carboxylic acids is 1. The Morgan fingerprint density at radius 2 is 1.88 bits per heavy atom. The molecule has 0 spiro atoms. The van der Waals surface area contributed by atoms with Crippen molar-refractivity contribution in [3.63, 3.8) is 0 Å². The fourth-order valence-electron chi connectivity index (χ4n) is 2.41. The van der Waals surface area contributed by atoms with Crippen LogP contribution in [0.2, 0.25) is 0 Å². The van der Waals surface area contributed by atoms with Gasteiger partial charge < -0.3 is 15.7 Å². The number of benzene rings is 1. The molecule has 0 radical (unpaired) electrons. The predicted octanol–water partition coefficient (Wildman–Crippen LogP) is 2.69. The van der Waals surface area contributed by atoms with Gasteiger partial charge in [0.25, 0.3) is 0 Å². The fraction of sp³-hybridized carbons (Fsp3) is 0.158. The minimum atomic E-state index is -0.973. The average molecular weight is 349 g/mol. The van der Waals surface area contributed by atoms with Gasteiger partial charge in [0.15, 0.2) is 0 Å². The first kappa shape index (κ1) is 17.3. The van der Waals surface area contributed by atoms with Crippen molar-refractivity contribution in [3.8, 4) is 11.3 Å². The van der Waals surface area contributed by atoms with E-state index < -0.39 is 5.97 Å². The van der Waals surface area contributed by atoms with E-state index in [4.69, 9.17) is 5.11 Å². The number of carbonyl (C=O) groups is 1. The lowest BCUT2D eigenvalue weighted by Gasteiger charge is -2.11. The summed E-state index contributed by atoms with van der Waals surface area (Å²) in [6.45, 7) is 0.450. The highest BCUT2D eigenvalue weighted by Gasteiger charge is 2.08. The van der Waals surface area contributed by atoms with Crippen molar-refractivity contribution in [2.24, 2.45) is 0 Å².